The van der Waals surface area contributed by atoms with E-state index in [1.54, 1.807) is 6.26 Å². The second-order valence-corrected chi connectivity index (χ2v) is 3.91. The van der Waals surface area contributed by atoms with Crippen LogP contribution >= 0.6 is 0 Å². The van der Waals surface area contributed by atoms with Crippen molar-refractivity contribution in [2.75, 3.05) is 6.54 Å². The molecule has 16 heavy (non-hydrogen) atoms. The minimum atomic E-state index is 0.845. The third-order valence-electron chi connectivity index (χ3n) is 2.53. The van der Waals surface area contributed by atoms with Gasteiger partial charge >= 0.3 is 0 Å². The Hall–Kier alpha value is -1.55. The number of rotatable bonds is 5. The zero-order valence-corrected chi connectivity index (χ0v) is 9.73. The van der Waals surface area contributed by atoms with Gasteiger partial charge in [-0.3, -0.25) is 4.68 Å². The van der Waals surface area contributed by atoms with Gasteiger partial charge in [-0.1, -0.05) is 0 Å². The molecule has 0 aliphatic heterocycles. The van der Waals surface area contributed by atoms with Crippen molar-refractivity contribution < 1.29 is 4.42 Å². The summed E-state index contributed by atoms with van der Waals surface area (Å²) < 4.78 is 7.17. The van der Waals surface area contributed by atoms with Crippen LogP contribution in [-0.2, 0) is 20.0 Å². The lowest BCUT2D eigenvalue weighted by molar-refractivity contribution is 0.496. The maximum Gasteiger partial charge on any atom is 0.105 e. The Morgan fingerprint density at radius 3 is 3.00 bits per heavy atom. The van der Waals surface area contributed by atoms with Crippen molar-refractivity contribution in [1.82, 2.24) is 15.1 Å². The summed E-state index contributed by atoms with van der Waals surface area (Å²) in [6.07, 6.45) is 2.63. The molecule has 0 aliphatic rings. The highest BCUT2D eigenvalue weighted by Gasteiger charge is 2.01. The first-order valence-electron chi connectivity index (χ1n) is 5.48. The van der Waals surface area contributed by atoms with Crippen LogP contribution in [0.2, 0.25) is 0 Å². The van der Waals surface area contributed by atoms with Gasteiger partial charge in [-0.15, -0.1) is 0 Å². The Labute approximate surface area is 95.3 Å². The molecule has 2 aromatic heterocycles. The molecular formula is C12H17N3O. The fraction of sp³-hybridized carbons (Fsp3) is 0.417. The molecule has 0 bridgehead atoms. The van der Waals surface area contributed by atoms with E-state index in [-0.39, 0.29) is 0 Å². The first-order chi connectivity index (χ1) is 7.75. The van der Waals surface area contributed by atoms with E-state index in [1.165, 1.54) is 5.69 Å². The Balaban J connectivity index is 1.74. The third-order valence-corrected chi connectivity index (χ3v) is 2.53. The molecular weight excluding hydrogens is 202 g/mol. The summed E-state index contributed by atoms with van der Waals surface area (Å²) in [5.74, 6) is 1.02. The van der Waals surface area contributed by atoms with E-state index in [0.29, 0.717) is 0 Å². The molecule has 2 heterocycles. The Bertz CT molecular complexity index is 431. The van der Waals surface area contributed by atoms with Gasteiger partial charge in [0.05, 0.1) is 17.7 Å². The summed E-state index contributed by atoms with van der Waals surface area (Å²) in [4.78, 5) is 0. The van der Waals surface area contributed by atoms with Crippen LogP contribution in [-0.4, -0.2) is 16.3 Å². The van der Waals surface area contributed by atoms with Crippen molar-refractivity contribution in [3.8, 4) is 0 Å². The van der Waals surface area contributed by atoms with Gasteiger partial charge in [0.15, 0.2) is 0 Å². The first kappa shape index (κ1) is 11.0. The van der Waals surface area contributed by atoms with E-state index in [0.717, 1.165) is 31.0 Å². The summed E-state index contributed by atoms with van der Waals surface area (Å²) >= 11 is 0. The molecule has 0 saturated heterocycles. The van der Waals surface area contributed by atoms with Gasteiger partial charge in [-0.25, -0.2) is 0 Å². The van der Waals surface area contributed by atoms with Gasteiger partial charge < -0.3 is 9.73 Å². The Morgan fingerprint density at radius 2 is 2.38 bits per heavy atom. The van der Waals surface area contributed by atoms with E-state index < -0.39 is 0 Å². The summed E-state index contributed by atoms with van der Waals surface area (Å²) in [5, 5.41) is 7.67. The van der Waals surface area contributed by atoms with E-state index in [1.807, 2.05) is 30.8 Å². The lowest BCUT2D eigenvalue weighted by atomic mass is 10.3. The summed E-state index contributed by atoms with van der Waals surface area (Å²) in [6, 6.07) is 6.01. The molecule has 0 radical (unpaired) electrons. The number of nitrogens with one attached hydrogen (secondary N) is 1. The van der Waals surface area contributed by atoms with Crippen LogP contribution in [0.4, 0.5) is 0 Å². The molecule has 0 aromatic carbocycles. The second kappa shape index (κ2) is 4.99. The zero-order chi connectivity index (χ0) is 11.4. The Morgan fingerprint density at radius 1 is 1.50 bits per heavy atom. The van der Waals surface area contributed by atoms with Crippen molar-refractivity contribution >= 4 is 0 Å². The quantitative estimate of drug-likeness (QED) is 0.778. The van der Waals surface area contributed by atoms with Crippen LogP contribution in [0.3, 0.4) is 0 Å². The van der Waals surface area contributed by atoms with E-state index in [4.69, 9.17) is 4.42 Å². The normalized spacial score (nSPS) is 10.9. The number of nitrogens with zero attached hydrogens (tertiary/aromatic N) is 2. The van der Waals surface area contributed by atoms with Crippen molar-refractivity contribution in [1.29, 1.82) is 0 Å². The van der Waals surface area contributed by atoms with Crippen molar-refractivity contribution in [2.45, 2.75) is 19.9 Å². The molecule has 0 saturated carbocycles. The van der Waals surface area contributed by atoms with Crippen LogP contribution in [0.1, 0.15) is 17.1 Å². The van der Waals surface area contributed by atoms with E-state index in [2.05, 4.69) is 16.5 Å². The van der Waals surface area contributed by atoms with Gasteiger partial charge in [0, 0.05) is 26.6 Å². The van der Waals surface area contributed by atoms with Gasteiger partial charge in [0.25, 0.3) is 0 Å². The third kappa shape index (κ3) is 2.73. The van der Waals surface area contributed by atoms with Crippen LogP contribution in [0.25, 0.3) is 0 Å². The number of aromatic nitrogens is 2. The minimum absolute atomic E-state index is 0.845. The van der Waals surface area contributed by atoms with E-state index >= 15 is 0 Å². The topological polar surface area (TPSA) is 43.0 Å². The molecule has 1 N–H and O–H groups in total. The maximum absolute atomic E-state index is 5.26. The molecule has 0 spiro atoms. The molecule has 4 heteroatoms. The molecule has 2 rings (SSSR count). The second-order valence-electron chi connectivity index (χ2n) is 3.91. The van der Waals surface area contributed by atoms with E-state index in [9.17, 15) is 0 Å². The average Bonchev–Trinajstić information content (AvgIpc) is 2.84. The van der Waals surface area contributed by atoms with Crippen LogP contribution in [0.15, 0.2) is 28.9 Å². The predicted octanol–water partition coefficient (Wildman–Crippen LogP) is 1.65. The van der Waals surface area contributed by atoms with Crippen molar-refractivity contribution in [2.24, 2.45) is 7.05 Å². The molecule has 86 valence electrons. The largest absolute Gasteiger partial charge is 0.469 e. The number of hydrogen-bond acceptors (Lipinski definition) is 3. The van der Waals surface area contributed by atoms with Crippen molar-refractivity contribution in [3.05, 3.63) is 41.6 Å². The van der Waals surface area contributed by atoms with Crippen LogP contribution < -0.4 is 5.32 Å². The van der Waals surface area contributed by atoms with Gasteiger partial charge in [-0.05, 0) is 25.1 Å². The molecule has 0 fully saturated rings. The molecule has 2 aromatic rings. The summed E-state index contributed by atoms with van der Waals surface area (Å²) in [5.41, 5.74) is 2.27. The highest BCUT2D eigenvalue weighted by molar-refractivity contribution is 5.08. The minimum Gasteiger partial charge on any atom is -0.469 e. The summed E-state index contributed by atoms with van der Waals surface area (Å²) in [6.45, 7) is 3.77. The van der Waals surface area contributed by atoms with Crippen LogP contribution in [0.5, 0.6) is 0 Å². The highest BCUT2D eigenvalue weighted by Crippen LogP contribution is 2.02. The SMILES string of the molecule is Cc1cc(CNCCc2ccco2)n(C)n1. The molecule has 0 unspecified atom stereocenters. The summed E-state index contributed by atoms with van der Waals surface area (Å²) in [7, 11) is 1.97. The standard InChI is InChI=1S/C12H17N3O/c1-10-8-11(15(2)14-10)9-13-6-5-12-4-3-7-16-12/h3-4,7-8,13H,5-6,9H2,1-2H3. The lowest BCUT2D eigenvalue weighted by Crippen LogP contribution is -2.18. The molecule has 0 amide bonds. The fourth-order valence-corrected chi connectivity index (χ4v) is 1.71. The zero-order valence-electron chi connectivity index (χ0n) is 9.73. The van der Waals surface area contributed by atoms with Crippen LogP contribution in [0, 0.1) is 6.92 Å². The van der Waals surface area contributed by atoms with Gasteiger partial charge in [0.1, 0.15) is 5.76 Å². The van der Waals surface area contributed by atoms with Gasteiger partial charge in [0.2, 0.25) is 0 Å². The number of hydrogen-bond donors (Lipinski definition) is 1. The number of aryl methyl sites for hydroxylation is 2. The highest BCUT2D eigenvalue weighted by atomic mass is 16.3. The maximum atomic E-state index is 5.26. The Kier molecular flexibility index (Phi) is 3.41. The predicted molar refractivity (Wildman–Crippen MR) is 62.1 cm³/mol. The molecule has 4 nitrogen and oxygen atoms in total. The first-order valence-corrected chi connectivity index (χ1v) is 5.48. The smallest absolute Gasteiger partial charge is 0.105 e. The number of furan rings is 1. The fourth-order valence-electron chi connectivity index (χ4n) is 1.71. The molecule has 0 aliphatic carbocycles. The average molecular weight is 219 g/mol. The molecule has 0 atom stereocenters. The van der Waals surface area contributed by atoms with Gasteiger partial charge in [-0.2, -0.15) is 5.10 Å². The lowest BCUT2D eigenvalue weighted by Gasteiger charge is -2.03. The van der Waals surface area contributed by atoms with Crippen molar-refractivity contribution in [3.63, 3.8) is 0 Å². The monoisotopic (exact) mass is 219 g/mol.